The maximum Gasteiger partial charge on any atom is 0.239 e. The van der Waals surface area contributed by atoms with Crippen molar-refractivity contribution in [2.24, 2.45) is 0 Å². The molecule has 0 saturated heterocycles. The van der Waals surface area contributed by atoms with Gasteiger partial charge in [-0.05, 0) is 30.2 Å². The molecule has 3 aromatic carbocycles. The first kappa shape index (κ1) is 21.8. The van der Waals surface area contributed by atoms with Crippen LogP contribution in [0.25, 0.3) is 20.7 Å². The van der Waals surface area contributed by atoms with Crippen molar-refractivity contribution in [3.63, 3.8) is 0 Å². The Morgan fingerprint density at radius 2 is 1.58 bits per heavy atom. The summed E-state index contributed by atoms with van der Waals surface area (Å²) in [6.45, 7) is 2.49. The summed E-state index contributed by atoms with van der Waals surface area (Å²) in [7, 11) is 0. The van der Waals surface area contributed by atoms with Crippen LogP contribution in [-0.4, -0.2) is 21.6 Å². The van der Waals surface area contributed by atoms with Crippen LogP contribution in [0.1, 0.15) is 11.3 Å². The van der Waals surface area contributed by atoms with Gasteiger partial charge in [0.15, 0.2) is 9.47 Å². The number of hydrogen-bond donors (Lipinski definition) is 0. The topological polar surface area (TPSA) is 46.1 Å². The SMILES string of the molecule is Cc1nc(N(Cc2ccccc2)C(=O)CSc2nc3ccccc3s2)sc1-c1ccccc1. The van der Waals surface area contributed by atoms with E-state index >= 15 is 0 Å². The number of anilines is 1. The molecule has 0 N–H and O–H groups in total. The van der Waals surface area contributed by atoms with Crippen LogP contribution in [0.3, 0.4) is 0 Å². The third kappa shape index (κ3) is 5.00. The highest BCUT2D eigenvalue weighted by Crippen LogP contribution is 2.36. The molecule has 0 fully saturated rings. The predicted octanol–water partition coefficient (Wildman–Crippen LogP) is 7.05. The Hall–Kier alpha value is -3.00. The normalized spacial score (nSPS) is 11.1. The number of aromatic nitrogens is 2. The standard InChI is InChI=1S/C26H21N3OS3/c1-18-24(20-12-6-3-7-13-20)33-25(27-18)29(16-19-10-4-2-5-11-19)23(30)17-31-26-28-21-14-8-9-15-22(21)32-26/h2-15H,16-17H2,1H3. The van der Waals surface area contributed by atoms with Crippen molar-refractivity contribution < 1.29 is 4.79 Å². The Labute approximate surface area is 205 Å². The van der Waals surface area contributed by atoms with Crippen LogP contribution in [0.5, 0.6) is 0 Å². The van der Waals surface area contributed by atoms with Crippen molar-refractivity contribution in [1.29, 1.82) is 0 Å². The molecule has 4 nitrogen and oxygen atoms in total. The van der Waals surface area contributed by atoms with E-state index < -0.39 is 0 Å². The highest BCUT2D eigenvalue weighted by Gasteiger charge is 2.22. The largest absolute Gasteiger partial charge is 0.283 e. The van der Waals surface area contributed by atoms with Crippen molar-refractivity contribution in [3.8, 4) is 10.4 Å². The molecule has 0 aliphatic carbocycles. The van der Waals surface area contributed by atoms with Crippen LogP contribution in [0.2, 0.25) is 0 Å². The summed E-state index contributed by atoms with van der Waals surface area (Å²) in [5.41, 5.74) is 4.10. The average molecular weight is 488 g/mol. The Morgan fingerprint density at radius 1 is 0.879 bits per heavy atom. The number of fused-ring (bicyclic) bond motifs is 1. The zero-order chi connectivity index (χ0) is 22.6. The second kappa shape index (κ2) is 9.87. The second-order valence-electron chi connectivity index (χ2n) is 7.48. The Kier molecular flexibility index (Phi) is 6.53. The van der Waals surface area contributed by atoms with Gasteiger partial charge in [0.05, 0.1) is 33.1 Å². The first-order chi connectivity index (χ1) is 16.2. The molecule has 0 bridgehead atoms. The van der Waals surface area contributed by atoms with E-state index in [1.807, 2.05) is 73.7 Å². The molecule has 0 spiro atoms. The smallest absolute Gasteiger partial charge is 0.239 e. The molecule has 0 aliphatic heterocycles. The molecule has 2 heterocycles. The minimum absolute atomic E-state index is 0.0245. The molecule has 0 aliphatic rings. The van der Waals surface area contributed by atoms with Crippen LogP contribution < -0.4 is 4.90 Å². The summed E-state index contributed by atoms with van der Waals surface area (Å²) in [5.74, 6) is 0.336. The molecular formula is C26H21N3OS3. The van der Waals surface area contributed by atoms with Gasteiger partial charge in [-0.2, -0.15) is 0 Å². The van der Waals surface area contributed by atoms with Gasteiger partial charge in [0, 0.05) is 0 Å². The average Bonchev–Trinajstić information content (AvgIpc) is 3.45. The fourth-order valence-electron chi connectivity index (χ4n) is 3.50. The molecule has 1 amide bonds. The molecule has 0 atom stereocenters. The minimum atomic E-state index is 0.0245. The number of rotatable bonds is 7. The minimum Gasteiger partial charge on any atom is -0.283 e. The second-order valence-corrected chi connectivity index (χ2v) is 10.7. The van der Waals surface area contributed by atoms with Gasteiger partial charge >= 0.3 is 0 Å². The number of amides is 1. The molecule has 7 heteroatoms. The first-order valence-corrected chi connectivity index (χ1v) is 13.1. The molecule has 5 aromatic rings. The van der Waals surface area contributed by atoms with Crippen LogP contribution in [0.4, 0.5) is 5.13 Å². The van der Waals surface area contributed by atoms with Gasteiger partial charge in [-0.3, -0.25) is 9.69 Å². The fraction of sp³-hybridized carbons (Fsp3) is 0.115. The molecular weight excluding hydrogens is 467 g/mol. The number of nitrogens with zero attached hydrogens (tertiary/aromatic N) is 3. The van der Waals surface area contributed by atoms with Crippen molar-refractivity contribution in [1.82, 2.24) is 9.97 Å². The lowest BCUT2D eigenvalue weighted by Gasteiger charge is -2.19. The maximum atomic E-state index is 13.4. The molecule has 0 saturated carbocycles. The summed E-state index contributed by atoms with van der Waals surface area (Å²) in [6.07, 6.45) is 0. The number of benzene rings is 3. The van der Waals surface area contributed by atoms with E-state index in [-0.39, 0.29) is 5.91 Å². The van der Waals surface area contributed by atoms with Crippen molar-refractivity contribution in [3.05, 3.63) is 96.2 Å². The van der Waals surface area contributed by atoms with Gasteiger partial charge in [-0.15, -0.1) is 11.3 Å². The monoisotopic (exact) mass is 487 g/mol. The number of aryl methyl sites for hydroxylation is 1. The Bertz CT molecular complexity index is 1350. The lowest BCUT2D eigenvalue weighted by atomic mass is 10.2. The number of thioether (sulfide) groups is 1. The van der Waals surface area contributed by atoms with E-state index in [0.717, 1.165) is 41.4 Å². The van der Waals surface area contributed by atoms with Crippen molar-refractivity contribution in [2.45, 2.75) is 17.8 Å². The predicted molar refractivity (Wildman–Crippen MR) is 140 cm³/mol. The first-order valence-electron chi connectivity index (χ1n) is 10.5. The Morgan fingerprint density at radius 3 is 2.33 bits per heavy atom. The van der Waals surface area contributed by atoms with Gasteiger partial charge in [0.2, 0.25) is 5.91 Å². The van der Waals surface area contributed by atoms with Crippen LogP contribution in [0.15, 0.2) is 89.3 Å². The Balaban J connectivity index is 1.41. The van der Waals surface area contributed by atoms with Gasteiger partial charge in [0.1, 0.15) is 0 Å². The van der Waals surface area contributed by atoms with E-state index in [2.05, 4.69) is 23.2 Å². The number of carbonyl (C=O) groups excluding carboxylic acids is 1. The van der Waals surface area contributed by atoms with E-state index in [4.69, 9.17) is 4.98 Å². The molecule has 33 heavy (non-hydrogen) atoms. The van der Waals surface area contributed by atoms with Crippen LogP contribution >= 0.6 is 34.4 Å². The van der Waals surface area contributed by atoms with Crippen LogP contribution in [0, 0.1) is 6.92 Å². The number of thiazole rings is 2. The van der Waals surface area contributed by atoms with E-state index in [1.54, 1.807) is 27.6 Å². The molecule has 164 valence electrons. The summed E-state index contributed by atoms with van der Waals surface area (Å²) in [6, 6.07) is 28.3. The highest BCUT2D eigenvalue weighted by atomic mass is 32.2. The van der Waals surface area contributed by atoms with Gasteiger partial charge in [0.25, 0.3) is 0 Å². The van der Waals surface area contributed by atoms with E-state index in [9.17, 15) is 4.79 Å². The van der Waals surface area contributed by atoms with Gasteiger partial charge in [-0.1, -0.05) is 95.9 Å². The third-order valence-corrected chi connectivity index (χ3v) is 8.52. The molecule has 0 radical (unpaired) electrons. The number of para-hydroxylation sites is 1. The maximum absolute atomic E-state index is 13.4. The van der Waals surface area contributed by atoms with Crippen molar-refractivity contribution >= 4 is 55.7 Å². The zero-order valence-electron chi connectivity index (χ0n) is 18.0. The van der Waals surface area contributed by atoms with Gasteiger partial charge < -0.3 is 0 Å². The number of hydrogen-bond acceptors (Lipinski definition) is 6. The summed E-state index contributed by atoms with van der Waals surface area (Å²) >= 11 is 4.68. The third-order valence-electron chi connectivity index (χ3n) is 5.13. The fourth-order valence-corrected chi connectivity index (χ4v) is 6.53. The van der Waals surface area contributed by atoms with Crippen molar-refractivity contribution in [2.75, 3.05) is 10.7 Å². The lowest BCUT2D eigenvalue weighted by molar-refractivity contribution is -0.116. The number of carbonyl (C=O) groups is 1. The van der Waals surface area contributed by atoms with Gasteiger partial charge in [-0.25, -0.2) is 9.97 Å². The summed E-state index contributed by atoms with van der Waals surface area (Å²) < 4.78 is 2.04. The quantitative estimate of drug-likeness (QED) is 0.231. The molecule has 2 aromatic heterocycles. The summed E-state index contributed by atoms with van der Waals surface area (Å²) in [5, 5.41) is 0.727. The highest BCUT2D eigenvalue weighted by molar-refractivity contribution is 8.01. The molecule has 0 unspecified atom stereocenters. The molecule has 5 rings (SSSR count). The summed E-state index contributed by atoms with van der Waals surface area (Å²) in [4.78, 5) is 25.8. The van der Waals surface area contributed by atoms with Crippen LogP contribution in [-0.2, 0) is 11.3 Å². The zero-order valence-corrected chi connectivity index (χ0v) is 20.4. The lowest BCUT2D eigenvalue weighted by Crippen LogP contribution is -2.31. The van der Waals surface area contributed by atoms with E-state index in [0.29, 0.717) is 12.3 Å². The van der Waals surface area contributed by atoms with E-state index in [1.165, 1.54) is 11.8 Å².